The summed E-state index contributed by atoms with van der Waals surface area (Å²) in [6, 6.07) is 10.5. The van der Waals surface area contributed by atoms with E-state index in [-0.39, 0.29) is 18.3 Å². The van der Waals surface area contributed by atoms with Gasteiger partial charge in [-0.25, -0.2) is 4.68 Å². The predicted molar refractivity (Wildman–Crippen MR) is 88.8 cm³/mol. The number of nitrogens with one attached hydrogen (secondary N) is 1. The number of hydrogen-bond acceptors (Lipinski definition) is 3. The Hall–Kier alpha value is -1.85. The highest BCUT2D eigenvalue weighted by Gasteiger charge is 2.26. The fourth-order valence-electron chi connectivity index (χ4n) is 2.83. The molecule has 1 aliphatic heterocycles. The molecular formula is C16H21ClN4O. The lowest BCUT2D eigenvalue weighted by Crippen LogP contribution is -2.55. The zero-order valence-electron chi connectivity index (χ0n) is 12.8. The van der Waals surface area contributed by atoms with E-state index >= 15 is 0 Å². The zero-order chi connectivity index (χ0) is 14.8. The maximum Gasteiger partial charge on any atom is 0.257 e. The summed E-state index contributed by atoms with van der Waals surface area (Å²) in [5.74, 6) is 0.0531. The highest BCUT2D eigenvalue weighted by Crippen LogP contribution is 2.12. The normalized spacial score (nSPS) is 21.3. The lowest BCUT2D eigenvalue weighted by atomic mass is 10.1. The summed E-state index contributed by atoms with van der Waals surface area (Å²) >= 11 is 0. The largest absolute Gasteiger partial charge is 0.335 e. The number of hydrogen-bond donors (Lipinski definition) is 1. The first-order valence-corrected chi connectivity index (χ1v) is 7.29. The van der Waals surface area contributed by atoms with Crippen molar-refractivity contribution in [2.24, 2.45) is 0 Å². The summed E-state index contributed by atoms with van der Waals surface area (Å²) in [4.78, 5) is 14.5. The van der Waals surface area contributed by atoms with Crippen molar-refractivity contribution in [3.05, 3.63) is 48.3 Å². The molecule has 22 heavy (non-hydrogen) atoms. The molecule has 1 saturated heterocycles. The molecular weight excluding hydrogens is 300 g/mol. The van der Waals surface area contributed by atoms with E-state index in [9.17, 15) is 4.79 Å². The monoisotopic (exact) mass is 320 g/mol. The number of benzene rings is 1. The molecule has 1 N–H and O–H groups in total. The molecule has 3 rings (SSSR count). The van der Waals surface area contributed by atoms with Gasteiger partial charge in [0.1, 0.15) is 0 Å². The van der Waals surface area contributed by atoms with Crippen LogP contribution in [0.25, 0.3) is 5.69 Å². The molecule has 6 heteroatoms. The summed E-state index contributed by atoms with van der Waals surface area (Å²) in [6.07, 6.45) is 3.45. The van der Waals surface area contributed by atoms with Crippen LogP contribution in [-0.4, -0.2) is 45.8 Å². The average molecular weight is 321 g/mol. The van der Waals surface area contributed by atoms with E-state index < -0.39 is 0 Å². The molecule has 2 heterocycles. The van der Waals surface area contributed by atoms with Gasteiger partial charge >= 0.3 is 0 Å². The Morgan fingerprint density at radius 2 is 1.82 bits per heavy atom. The van der Waals surface area contributed by atoms with Crippen LogP contribution in [0.15, 0.2) is 42.7 Å². The first-order chi connectivity index (χ1) is 10.1. The summed E-state index contributed by atoms with van der Waals surface area (Å²) in [5, 5.41) is 7.73. The van der Waals surface area contributed by atoms with Gasteiger partial charge in [-0.05, 0) is 26.0 Å². The first-order valence-electron chi connectivity index (χ1n) is 7.29. The Balaban J connectivity index is 0.00000176. The van der Waals surface area contributed by atoms with Gasteiger partial charge in [-0.3, -0.25) is 4.79 Å². The number of amides is 1. The molecule has 2 atom stereocenters. The van der Waals surface area contributed by atoms with E-state index in [4.69, 9.17) is 0 Å². The first kappa shape index (κ1) is 16.5. The topological polar surface area (TPSA) is 50.2 Å². The van der Waals surface area contributed by atoms with Crippen LogP contribution in [-0.2, 0) is 0 Å². The fraction of sp³-hybridized carbons (Fsp3) is 0.375. The highest BCUT2D eigenvalue weighted by molar-refractivity contribution is 5.94. The molecule has 1 amide bonds. The third kappa shape index (κ3) is 3.48. The van der Waals surface area contributed by atoms with Gasteiger partial charge in [0.15, 0.2) is 0 Å². The molecule has 118 valence electrons. The molecule has 0 saturated carbocycles. The Morgan fingerprint density at radius 1 is 1.18 bits per heavy atom. The maximum absolute atomic E-state index is 12.6. The van der Waals surface area contributed by atoms with Crippen LogP contribution in [0.5, 0.6) is 0 Å². The fourth-order valence-corrected chi connectivity index (χ4v) is 2.83. The minimum absolute atomic E-state index is 0. The number of piperazine rings is 1. The van der Waals surface area contributed by atoms with Crippen molar-refractivity contribution < 1.29 is 4.79 Å². The SMILES string of the molecule is CC1CN(C(=O)c2cnn(-c3ccccc3)c2)CC(C)N1.Cl. The van der Waals surface area contributed by atoms with Crippen molar-refractivity contribution in [2.75, 3.05) is 13.1 Å². The number of nitrogens with zero attached hydrogens (tertiary/aromatic N) is 3. The summed E-state index contributed by atoms with van der Waals surface area (Å²) in [6.45, 7) is 5.67. The Bertz CT molecular complexity index is 618. The second kappa shape index (κ2) is 6.94. The Morgan fingerprint density at radius 3 is 2.45 bits per heavy atom. The highest BCUT2D eigenvalue weighted by atomic mass is 35.5. The van der Waals surface area contributed by atoms with Gasteiger partial charge in [0.05, 0.1) is 17.4 Å². The third-order valence-corrected chi connectivity index (χ3v) is 3.70. The summed E-state index contributed by atoms with van der Waals surface area (Å²) in [7, 11) is 0. The van der Waals surface area contributed by atoms with Crippen LogP contribution in [0.3, 0.4) is 0 Å². The molecule has 0 radical (unpaired) electrons. The maximum atomic E-state index is 12.6. The quantitative estimate of drug-likeness (QED) is 0.922. The molecule has 1 fully saturated rings. The molecule has 5 nitrogen and oxygen atoms in total. The van der Waals surface area contributed by atoms with Crippen LogP contribution in [0, 0.1) is 0 Å². The minimum Gasteiger partial charge on any atom is -0.335 e. The average Bonchev–Trinajstić information content (AvgIpc) is 2.96. The van der Waals surface area contributed by atoms with Gasteiger partial charge in [0, 0.05) is 31.4 Å². The predicted octanol–water partition coefficient (Wildman–Crippen LogP) is 2.12. The molecule has 1 aliphatic rings. The number of carbonyl (C=O) groups excluding carboxylic acids is 1. The van der Waals surface area contributed by atoms with Crippen molar-refractivity contribution in [3.8, 4) is 5.69 Å². The number of aromatic nitrogens is 2. The van der Waals surface area contributed by atoms with Crippen molar-refractivity contribution in [3.63, 3.8) is 0 Å². The molecule has 1 aromatic heterocycles. The van der Waals surface area contributed by atoms with Crippen molar-refractivity contribution in [2.45, 2.75) is 25.9 Å². The van der Waals surface area contributed by atoms with Crippen molar-refractivity contribution in [1.29, 1.82) is 0 Å². The number of rotatable bonds is 2. The number of para-hydroxylation sites is 1. The van der Waals surface area contributed by atoms with E-state index in [1.165, 1.54) is 0 Å². The molecule has 1 aromatic carbocycles. The van der Waals surface area contributed by atoms with Crippen LogP contribution < -0.4 is 5.32 Å². The van der Waals surface area contributed by atoms with E-state index in [2.05, 4.69) is 24.3 Å². The van der Waals surface area contributed by atoms with Crippen LogP contribution in [0.2, 0.25) is 0 Å². The van der Waals surface area contributed by atoms with Gasteiger partial charge in [-0.1, -0.05) is 18.2 Å². The summed E-state index contributed by atoms with van der Waals surface area (Å²) < 4.78 is 1.74. The smallest absolute Gasteiger partial charge is 0.257 e. The van der Waals surface area contributed by atoms with Crippen molar-refractivity contribution in [1.82, 2.24) is 20.0 Å². The Kier molecular flexibility index (Phi) is 5.21. The lowest BCUT2D eigenvalue weighted by Gasteiger charge is -2.35. The van der Waals surface area contributed by atoms with Gasteiger partial charge in [0.2, 0.25) is 0 Å². The van der Waals surface area contributed by atoms with Crippen LogP contribution in [0.1, 0.15) is 24.2 Å². The van der Waals surface area contributed by atoms with Gasteiger partial charge in [-0.2, -0.15) is 5.10 Å². The molecule has 2 aromatic rings. The second-order valence-corrected chi connectivity index (χ2v) is 5.69. The molecule has 0 spiro atoms. The molecule has 0 aliphatic carbocycles. The zero-order valence-corrected chi connectivity index (χ0v) is 13.6. The van der Waals surface area contributed by atoms with Gasteiger partial charge in [0.25, 0.3) is 5.91 Å². The second-order valence-electron chi connectivity index (χ2n) is 5.69. The lowest BCUT2D eigenvalue weighted by molar-refractivity contribution is 0.0674. The third-order valence-electron chi connectivity index (χ3n) is 3.70. The van der Waals surface area contributed by atoms with Gasteiger partial charge < -0.3 is 10.2 Å². The minimum atomic E-state index is 0. The number of carbonyl (C=O) groups is 1. The van der Waals surface area contributed by atoms with E-state index in [0.717, 1.165) is 18.8 Å². The van der Waals surface area contributed by atoms with E-state index in [1.807, 2.05) is 35.2 Å². The van der Waals surface area contributed by atoms with Crippen molar-refractivity contribution >= 4 is 18.3 Å². The summed E-state index contributed by atoms with van der Waals surface area (Å²) in [5.41, 5.74) is 1.60. The van der Waals surface area contributed by atoms with Crippen LogP contribution in [0.4, 0.5) is 0 Å². The Labute approximate surface area is 136 Å². The van der Waals surface area contributed by atoms with Gasteiger partial charge in [-0.15, -0.1) is 12.4 Å². The standard InChI is InChI=1S/C16H20N4O.ClH/c1-12-9-19(10-13(2)18-12)16(21)14-8-17-20(11-14)15-6-4-3-5-7-15;/h3-8,11-13,18H,9-10H2,1-2H3;1H. The van der Waals surface area contributed by atoms with Crippen LogP contribution >= 0.6 is 12.4 Å². The molecule has 2 unspecified atom stereocenters. The van der Waals surface area contributed by atoms with E-state index in [1.54, 1.807) is 17.1 Å². The van der Waals surface area contributed by atoms with E-state index in [0.29, 0.717) is 17.6 Å². The molecule has 0 bridgehead atoms. The number of halogens is 1.